The van der Waals surface area contributed by atoms with Crippen molar-refractivity contribution in [2.24, 2.45) is 7.05 Å². The number of carbonyl (C=O) groups is 1. The predicted octanol–water partition coefficient (Wildman–Crippen LogP) is 1.52. The summed E-state index contributed by atoms with van der Waals surface area (Å²) in [5.41, 5.74) is 0.551. The van der Waals surface area contributed by atoms with Crippen molar-refractivity contribution in [2.45, 2.75) is 6.54 Å². The molecule has 100 valence electrons. The van der Waals surface area contributed by atoms with Crippen LogP contribution in [0, 0.1) is 0 Å². The van der Waals surface area contributed by atoms with Crippen molar-refractivity contribution in [3.63, 3.8) is 0 Å². The smallest absolute Gasteiger partial charge is 0.251 e. The highest BCUT2D eigenvalue weighted by molar-refractivity contribution is 9.10. The molecule has 1 aromatic heterocycles. The number of hydrogen-bond donors (Lipinski definition) is 1. The summed E-state index contributed by atoms with van der Waals surface area (Å²) in [7, 11) is 3.35. The number of methoxy groups -OCH3 is 1. The fourth-order valence-electron chi connectivity index (χ4n) is 1.55. The van der Waals surface area contributed by atoms with Crippen LogP contribution in [0.25, 0.3) is 0 Å². The van der Waals surface area contributed by atoms with Gasteiger partial charge in [0.05, 0.1) is 18.1 Å². The van der Waals surface area contributed by atoms with E-state index in [0.29, 0.717) is 23.7 Å². The first-order chi connectivity index (χ1) is 9.11. The summed E-state index contributed by atoms with van der Waals surface area (Å²) in [6.45, 7) is 0.332. The lowest BCUT2D eigenvalue weighted by molar-refractivity contribution is 0.0949. The molecule has 1 amide bonds. The van der Waals surface area contributed by atoms with Gasteiger partial charge in [-0.2, -0.15) is 5.10 Å². The summed E-state index contributed by atoms with van der Waals surface area (Å²) in [6.07, 6.45) is 1.45. The first-order valence-electron chi connectivity index (χ1n) is 5.56. The number of benzene rings is 1. The molecule has 0 saturated heterocycles. The molecule has 2 aromatic rings. The van der Waals surface area contributed by atoms with Crippen LogP contribution in [0.3, 0.4) is 0 Å². The van der Waals surface area contributed by atoms with E-state index in [-0.39, 0.29) is 5.91 Å². The monoisotopic (exact) mass is 324 g/mol. The second-order valence-electron chi connectivity index (χ2n) is 3.83. The number of hydrogen-bond acceptors (Lipinski definition) is 4. The number of halogens is 1. The first kappa shape index (κ1) is 13.5. The number of ether oxygens (including phenoxy) is 1. The van der Waals surface area contributed by atoms with Gasteiger partial charge in [0.25, 0.3) is 5.91 Å². The van der Waals surface area contributed by atoms with Crippen molar-refractivity contribution in [3.05, 3.63) is 40.4 Å². The lowest BCUT2D eigenvalue weighted by atomic mass is 10.2. The molecule has 0 saturated carbocycles. The number of amides is 1. The molecule has 0 bridgehead atoms. The number of aryl methyl sites for hydroxylation is 1. The van der Waals surface area contributed by atoms with Crippen LogP contribution >= 0.6 is 15.9 Å². The average Bonchev–Trinajstić information content (AvgIpc) is 2.81. The highest BCUT2D eigenvalue weighted by atomic mass is 79.9. The van der Waals surface area contributed by atoms with E-state index in [2.05, 4.69) is 31.3 Å². The standard InChI is InChI=1S/C12H13BrN4O2/c1-17-11(15-7-16-17)6-14-12(18)8-3-4-10(19-2)9(13)5-8/h3-5,7H,6H2,1-2H3,(H,14,18). The highest BCUT2D eigenvalue weighted by Crippen LogP contribution is 2.25. The quantitative estimate of drug-likeness (QED) is 0.925. The molecule has 0 fully saturated rings. The van der Waals surface area contributed by atoms with Gasteiger partial charge in [-0.05, 0) is 34.1 Å². The minimum Gasteiger partial charge on any atom is -0.496 e. The Balaban J connectivity index is 2.04. The number of nitrogens with one attached hydrogen (secondary N) is 1. The van der Waals surface area contributed by atoms with Crippen LogP contribution in [-0.4, -0.2) is 27.8 Å². The van der Waals surface area contributed by atoms with Crippen LogP contribution in [0.5, 0.6) is 5.75 Å². The number of nitrogens with zero attached hydrogens (tertiary/aromatic N) is 3. The molecule has 2 rings (SSSR count). The van der Waals surface area contributed by atoms with E-state index in [9.17, 15) is 4.79 Å². The summed E-state index contributed by atoms with van der Waals surface area (Å²) >= 11 is 3.35. The van der Waals surface area contributed by atoms with Gasteiger partial charge in [0, 0.05) is 12.6 Å². The van der Waals surface area contributed by atoms with Crippen molar-refractivity contribution in [2.75, 3.05) is 7.11 Å². The minimum atomic E-state index is -0.175. The molecule has 7 heteroatoms. The van der Waals surface area contributed by atoms with Crippen LogP contribution in [0.1, 0.15) is 16.2 Å². The topological polar surface area (TPSA) is 69.0 Å². The SMILES string of the molecule is COc1ccc(C(=O)NCc2ncnn2C)cc1Br. The van der Waals surface area contributed by atoms with Gasteiger partial charge < -0.3 is 10.1 Å². The zero-order valence-electron chi connectivity index (χ0n) is 10.6. The third-order valence-electron chi connectivity index (χ3n) is 2.63. The molecular formula is C12H13BrN4O2. The van der Waals surface area contributed by atoms with Crippen LogP contribution in [-0.2, 0) is 13.6 Å². The van der Waals surface area contributed by atoms with E-state index >= 15 is 0 Å². The van der Waals surface area contributed by atoms with E-state index < -0.39 is 0 Å². The molecular weight excluding hydrogens is 312 g/mol. The fourth-order valence-corrected chi connectivity index (χ4v) is 2.09. The van der Waals surface area contributed by atoms with Crippen molar-refractivity contribution in [3.8, 4) is 5.75 Å². The molecule has 6 nitrogen and oxygen atoms in total. The lowest BCUT2D eigenvalue weighted by Crippen LogP contribution is -2.24. The molecule has 0 aliphatic rings. The molecule has 0 aliphatic carbocycles. The number of aromatic nitrogens is 3. The van der Waals surface area contributed by atoms with Gasteiger partial charge in [-0.3, -0.25) is 9.48 Å². The Hall–Kier alpha value is -1.89. The summed E-state index contributed by atoms with van der Waals surface area (Å²) < 4.78 is 7.47. The highest BCUT2D eigenvalue weighted by Gasteiger charge is 2.09. The van der Waals surface area contributed by atoms with E-state index in [1.54, 1.807) is 37.0 Å². The van der Waals surface area contributed by atoms with Crippen molar-refractivity contribution >= 4 is 21.8 Å². The van der Waals surface area contributed by atoms with Gasteiger partial charge in [-0.15, -0.1) is 0 Å². The molecule has 0 aliphatic heterocycles. The van der Waals surface area contributed by atoms with Crippen molar-refractivity contribution in [1.29, 1.82) is 0 Å². The maximum atomic E-state index is 12.0. The summed E-state index contributed by atoms with van der Waals surface area (Å²) in [4.78, 5) is 16.0. The van der Waals surface area contributed by atoms with Gasteiger partial charge in [0.1, 0.15) is 17.9 Å². The van der Waals surface area contributed by atoms with Gasteiger partial charge in [0.15, 0.2) is 0 Å². The lowest BCUT2D eigenvalue weighted by Gasteiger charge is -2.07. The normalized spacial score (nSPS) is 10.3. The molecule has 0 unspecified atom stereocenters. The van der Waals surface area contributed by atoms with E-state index in [1.165, 1.54) is 6.33 Å². The average molecular weight is 325 g/mol. The summed E-state index contributed by atoms with van der Waals surface area (Å²) in [5.74, 6) is 1.21. The largest absolute Gasteiger partial charge is 0.496 e. The van der Waals surface area contributed by atoms with E-state index in [0.717, 1.165) is 4.47 Å². The molecule has 0 radical (unpaired) electrons. The van der Waals surface area contributed by atoms with E-state index in [4.69, 9.17) is 4.74 Å². The molecule has 19 heavy (non-hydrogen) atoms. The second-order valence-corrected chi connectivity index (χ2v) is 4.69. The van der Waals surface area contributed by atoms with E-state index in [1.807, 2.05) is 0 Å². The second kappa shape index (κ2) is 5.83. The van der Waals surface area contributed by atoms with Crippen LogP contribution < -0.4 is 10.1 Å². The van der Waals surface area contributed by atoms with Crippen molar-refractivity contribution in [1.82, 2.24) is 20.1 Å². The summed E-state index contributed by atoms with van der Waals surface area (Å²) in [5, 5.41) is 6.72. The third-order valence-corrected chi connectivity index (χ3v) is 3.25. The Bertz CT molecular complexity index is 597. The molecule has 0 atom stereocenters. The molecule has 0 spiro atoms. The van der Waals surface area contributed by atoms with Gasteiger partial charge >= 0.3 is 0 Å². The molecule has 1 heterocycles. The summed E-state index contributed by atoms with van der Waals surface area (Å²) in [6, 6.07) is 5.15. The fraction of sp³-hybridized carbons (Fsp3) is 0.250. The Morgan fingerprint density at radius 2 is 2.32 bits per heavy atom. The zero-order chi connectivity index (χ0) is 13.8. The molecule has 1 N–H and O–H groups in total. The third kappa shape index (κ3) is 3.11. The van der Waals surface area contributed by atoms with Gasteiger partial charge in [-0.25, -0.2) is 4.98 Å². The van der Waals surface area contributed by atoms with Crippen LogP contribution in [0.15, 0.2) is 29.0 Å². The van der Waals surface area contributed by atoms with Crippen LogP contribution in [0.4, 0.5) is 0 Å². The number of rotatable bonds is 4. The zero-order valence-corrected chi connectivity index (χ0v) is 12.1. The molecule has 1 aromatic carbocycles. The Kier molecular flexibility index (Phi) is 4.16. The van der Waals surface area contributed by atoms with Gasteiger partial charge in [-0.1, -0.05) is 0 Å². The maximum absolute atomic E-state index is 12.0. The Morgan fingerprint density at radius 1 is 1.53 bits per heavy atom. The Labute approximate surface area is 118 Å². The minimum absolute atomic E-state index is 0.175. The van der Waals surface area contributed by atoms with Crippen molar-refractivity contribution < 1.29 is 9.53 Å². The predicted molar refractivity (Wildman–Crippen MR) is 72.9 cm³/mol. The van der Waals surface area contributed by atoms with Crippen LogP contribution in [0.2, 0.25) is 0 Å². The number of carbonyl (C=O) groups excluding carboxylic acids is 1. The Morgan fingerprint density at radius 3 is 2.89 bits per heavy atom. The maximum Gasteiger partial charge on any atom is 0.251 e. The first-order valence-corrected chi connectivity index (χ1v) is 6.35. The van der Waals surface area contributed by atoms with Gasteiger partial charge in [0.2, 0.25) is 0 Å².